The predicted molar refractivity (Wildman–Crippen MR) is 117 cm³/mol. The predicted octanol–water partition coefficient (Wildman–Crippen LogP) is 4.27. The second kappa shape index (κ2) is 9.61. The number of nitrogens with one attached hydrogen (secondary N) is 1. The molecule has 2 aliphatic rings. The minimum Gasteiger partial charge on any atom is -0.315 e. The molecule has 1 saturated heterocycles. The lowest BCUT2D eigenvalue weighted by atomic mass is 10.1. The van der Waals surface area contributed by atoms with Gasteiger partial charge >= 0.3 is 6.18 Å². The number of thiophene rings is 1. The van der Waals surface area contributed by atoms with E-state index < -0.39 is 11.7 Å². The number of carbonyl (C=O) groups is 1. The average molecular weight is 463 g/mol. The Kier molecular flexibility index (Phi) is 6.84. The van der Waals surface area contributed by atoms with Crippen LogP contribution in [0.25, 0.3) is 0 Å². The van der Waals surface area contributed by atoms with Crippen molar-refractivity contribution >= 4 is 22.2 Å². The van der Waals surface area contributed by atoms with Crippen molar-refractivity contribution in [2.45, 2.75) is 38.4 Å². The smallest absolute Gasteiger partial charge is 0.315 e. The van der Waals surface area contributed by atoms with Crippen LogP contribution in [0, 0.1) is 11.3 Å². The number of nitriles is 1. The molecule has 1 aromatic heterocycles. The van der Waals surface area contributed by atoms with Gasteiger partial charge in [-0.25, -0.2) is 0 Å². The van der Waals surface area contributed by atoms with Crippen molar-refractivity contribution < 1.29 is 18.0 Å². The quantitative estimate of drug-likeness (QED) is 0.721. The number of aryl methyl sites for hydroxylation is 1. The molecule has 0 unspecified atom stereocenters. The van der Waals surface area contributed by atoms with Crippen molar-refractivity contribution in [3.05, 3.63) is 51.4 Å². The fourth-order valence-electron chi connectivity index (χ4n) is 4.38. The summed E-state index contributed by atoms with van der Waals surface area (Å²) in [6, 6.07) is 7.56. The molecular formula is C23H25F3N4OS. The first-order valence-corrected chi connectivity index (χ1v) is 11.6. The first-order valence-electron chi connectivity index (χ1n) is 10.8. The lowest BCUT2D eigenvalue weighted by Gasteiger charge is -2.21. The van der Waals surface area contributed by atoms with Gasteiger partial charge in [-0.1, -0.05) is 12.1 Å². The van der Waals surface area contributed by atoms with Crippen LogP contribution in [-0.4, -0.2) is 48.4 Å². The van der Waals surface area contributed by atoms with Gasteiger partial charge in [-0.15, -0.1) is 11.3 Å². The summed E-state index contributed by atoms with van der Waals surface area (Å²) in [5, 5.41) is 13.1. The number of amides is 1. The molecule has 2 aromatic rings. The van der Waals surface area contributed by atoms with Crippen LogP contribution in [0.3, 0.4) is 0 Å². The summed E-state index contributed by atoms with van der Waals surface area (Å²) in [6.45, 7) is 3.91. The highest BCUT2D eigenvalue weighted by Gasteiger charge is 2.30. The third-order valence-corrected chi connectivity index (χ3v) is 7.23. The van der Waals surface area contributed by atoms with E-state index >= 15 is 0 Å². The first kappa shape index (κ1) is 22.8. The lowest BCUT2D eigenvalue weighted by Crippen LogP contribution is -2.36. The zero-order chi connectivity index (χ0) is 22.7. The number of hydrogen-bond acceptors (Lipinski definition) is 5. The molecule has 1 amide bonds. The Labute approximate surface area is 189 Å². The van der Waals surface area contributed by atoms with Crippen LogP contribution in [-0.2, 0) is 30.4 Å². The van der Waals surface area contributed by atoms with E-state index in [1.165, 1.54) is 28.3 Å². The second-order valence-corrected chi connectivity index (χ2v) is 9.43. The number of carbonyl (C=O) groups excluding carboxylic acids is 1. The van der Waals surface area contributed by atoms with Gasteiger partial charge in [0.15, 0.2) is 0 Å². The van der Waals surface area contributed by atoms with Crippen LogP contribution >= 0.6 is 11.3 Å². The molecule has 0 saturated carbocycles. The van der Waals surface area contributed by atoms with Gasteiger partial charge in [0.05, 0.1) is 17.7 Å². The molecule has 9 heteroatoms. The molecule has 170 valence electrons. The normalized spacial score (nSPS) is 17.6. The van der Waals surface area contributed by atoms with Gasteiger partial charge in [0, 0.05) is 24.5 Å². The van der Waals surface area contributed by atoms with Crippen LogP contribution in [0.4, 0.5) is 18.2 Å². The highest BCUT2D eigenvalue weighted by atomic mass is 32.1. The molecule has 1 aliphatic carbocycles. The summed E-state index contributed by atoms with van der Waals surface area (Å²) in [5.74, 6) is -0.113. The van der Waals surface area contributed by atoms with Crippen LogP contribution in [0.2, 0.25) is 0 Å². The van der Waals surface area contributed by atoms with E-state index in [-0.39, 0.29) is 12.5 Å². The Balaban J connectivity index is 1.28. The third-order valence-electron chi connectivity index (χ3n) is 6.02. The molecule has 0 atom stereocenters. The van der Waals surface area contributed by atoms with Crippen molar-refractivity contribution in [1.29, 1.82) is 5.26 Å². The van der Waals surface area contributed by atoms with Gasteiger partial charge in [0.25, 0.3) is 0 Å². The molecule has 0 radical (unpaired) electrons. The summed E-state index contributed by atoms with van der Waals surface area (Å²) in [5.41, 5.74) is 1.93. The van der Waals surface area contributed by atoms with Crippen molar-refractivity contribution in [2.75, 3.05) is 38.0 Å². The van der Waals surface area contributed by atoms with Gasteiger partial charge < -0.3 is 5.32 Å². The Bertz CT molecular complexity index is 1010. The van der Waals surface area contributed by atoms with E-state index in [0.29, 0.717) is 23.7 Å². The summed E-state index contributed by atoms with van der Waals surface area (Å²) >= 11 is 1.52. The van der Waals surface area contributed by atoms with Crippen molar-refractivity contribution in [1.82, 2.24) is 9.80 Å². The maximum Gasteiger partial charge on any atom is 0.416 e. The fraction of sp³-hybridized carbons (Fsp3) is 0.478. The number of hydrogen-bond donors (Lipinski definition) is 1. The van der Waals surface area contributed by atoms with Gasteiger partial charge in [-0.3, -0.25) is 14.6 Å². The van der Waals surface area contributed by atoms with E-state index in [9.17, 15) is 23.2 Å². The van der Waals surface area contributed by atoms with E-state index in [2.05, 4.69) is 21.2 Å². The van der Waals surface area contributed by atoms with Crippen LogP contribution in [0.5, 0.6) is 0 Å². The monoisotopic (exact) mass is 462 g/mol. The Morgan fingerprint density at radius 1 is 1.06 bits per heavy atom. The van der Waals surface area contributed by atoms with E-state index in [4.69, 9.17) is 0 Å². The van der Waals surface area contributed by atoms with Crippen LogP contribution in [0.15, 0.2) is 24.3 Å². The third kappa shape index (κ3) is 5.31. The zero-order valence-corrected chi connectivity index (χ0v) is 18.5. The lowest BCUT2D eigenvalue weighted by molar-refractivity contribution is -0.137. The molecule has 1 aromatic carbocycles. The largest absolute Gasteiger partial charge is 0.416 e. The minimum atomic E-state index is -4.32. The molecule has 0 spiro atoms. The molecular weight excluding hydrogens is 437 g/mol. The SMILES string of the molecule is N#Cc1c(NC(=O)CN2CCCN(Cc3ccc(C(F)(F)F)cc3)CC2)sc2c1CCC2. The number of fused-ring (bicyclic) bond motifs is 1. The average Bonchev–Trinajstić information content (AvgIpc) is 3.24. The molecule has 1 fully saturated rings. The topological polar surface area (TPSA) is 59.4 Å². The number of alkyl halides is 3. The molecule has 1 N–H and O–H groups in total. The fourth-order valence-corrected chi connectivity index (χ4v) is 5.63. The second-order valence-electron chi connectivity index (χ2n) is 8.32. The first-order chi connectivity index (χ1) is 15.3. The summed E-state index contributed by atoms with van der Waals surface area (Å²) in [4.78, 5) is 18.1. The maximum atomic E-state index is 12.7. The minimum absolute atomic E-state index is 0.113. The van der Waals surface area contributed by atoms with Gasteiger partial charge in [0.1, 0.15) is 11.1 Å². The Hall–Kier alpha value is -2.41. The van der Waals surface area contributed by atoms with E-state index in [0.717, 1.165) is 68.6 Å². The number of anilines is 1. The number of nitrogens with zero attached hydrogens (tertiary/aromatic N) is 3. The summed E-state index contributed by atoms with van der Waals surface area (Å²) in [7, 11) is 0. The molecule has 2 heterocycles. The Morgan fingerprint density at radius 3 is 2.50 bits per heavy atom. The number of benzene rings is 1. The number of rotatable bonds is 5. The molecule has 32 heavy (non-hydrogen) atoms. The molecule has 1 aliphatic heterocycles. The van der Waals surface area contributed by atoms with Crippen molar-refractivity contribution in [3.8, 4) is 6.07 Å². The molecule has 5 nitrogen and oxygen atoms in total. The van der Waals surface area contributed by atoms with Gasteiger partial charge in [-0.2, -0.15) is 18.4 Å². The number of halogens is 3. The molecule has 4 rings (SSSR count). The highest BCUT2D eigenvalue weighted by molar-refractivity contribution is 7.16. The summed E-state index contributed by atoms with van der Waals surface area (Å²) in [6.07, 6.45) is -0.484. The van der Waals surface area contributed by atoms with Crippen molar-refractivity contribution in [3.63, 3.8) is 0 Å². The van der Waals surface area contributed by atoms with E-state index in [1.807, 2.05) is 0 Å². The zero-order valence-electron chi connectivity index (χ0n) is 17.7. The highest BCUT2D eigenvalue weighted by Crippen LogP contribution is 2.38. The molecule has 0 bridgehead atoms. The van der Waals surface area contributed by atoms with Crippen molar-refractivity contribution in [2.24, 2.45) is 0 Å². The summed E-state index contributed by atoms with van der Waals surface area (Å²) < 4.78 is 38.2. The van der Waals surface area contributed by atoms with Gasteiger partial charge in [-0.05, 0) is 62.0 Å². The van der Waals surface area contributed by atoms with Crippen LogP contribution in [0.1, 0.15) is 40.0 Å². The van der Waals surface area contributed by atoms with E-state index in [1.54, 1.807) is 0 Å². The van der Waals surface area contributed by atoms with Gasteiger partial charge in [0.2, 0.25) is 5.91 Å². The van der Waals surface area contributed by atoms with Crippen LogP contribution < -0.4 is 5.32 Å². The standard InChI is InChI=1S/C23H25F3N4OS/c24-23(25,26)17-7-5-16(6-8-17)14-29-9-2-10-30(12-11-29)15-21(31)28-22-19(13-27)18-3-1-4-20(18)32-22/h5-8H,1-4,9-12,14-15H2,(H,28,31). The Morgan fingerprint density at radius 2 is 1.78 bits per heavy atom. The maximum absolute atomic E-state index is 12.7.